The molecule has 1 unspecified atom stereocenters. The van der Waals surface area contributed by atoms with Gasteiger partial charge in [-0.15, -0.1) is 0 Å². The van der Waals surface area contributed by atoms with Crippen LogP contribution in [-0.2, 0) is 19.2 Å². The Balaban J connectivity index is 1.48. The molecule has 0 radical (unpaired) electrons. The number of benzene rings is 1. The van der Waals surface area contributed by atoms with Crippen molar-refractivity contribution in [3.63, 3.8) is 0 Å². The molecule has 228 valence electrons. The van der Waals surface area contributed by atoms with Crippen LogP contribution in [0, 0.1) is 5.41 Å². The quantitative estimate of drug-likeness (QED) is 0.358. The van der Waals surface area contributed by atoms with E-state index in [0.29, 0.717) is 32.7 Å². The molecular weight excluding hydrogens is 583 g/mol. The van der Waals surface area contributed by atoms with Gasteiger partial charge in [0.05, 0.1) is 23.5 Å². The number of aliphatic carboxylic acids is 2. The zero-order valence-corrected chi connectivity index (χ0v) is 25.5. The molecule has 2 amide bonds. The van der Waals surface area contributed by atoms with Gasteiger partial charge in [-0.1, -0.05) is 42.1 Å². The minimum atomic E-state index is -1.36. The van der Waals surface area contributed by atoms with Crippen LogP contribution in [0.4, 0.5) is 0 Å². The second-order valence-electron chi connectivity index (χ2n) is 11.4. The van der Waals surface area contributed by atoms with Crippen molar-refractivity contribution in [2.45, 2.75) is 51.9 Å². The monoisotopic (exact) mass is 620 g/mol. The molecule has 3 aliphatic rings. The lowest BCUT2D eigenvalue weighted by Gasteiger charge is -2.42. The highest BCUT2D eigenvalue weighted by Crippen LogP contribution is 2.43. The minimum absolute atomic E-state index is 0.0598. The third-order valence-corrected chi connectivity index (χ3v) is 9.38. The van der Waals surface area contributed by atoms with E-state index in [1.165, 1.54) is 18.3 Å². The van der Waals surface area contributed by atoms with Crippen LogP contribution in [0.5, 0.6) is 0 Å². The molecule has 2 fully saturated rings. The molecule has 2 heterocycles. The van der Waals surface area contributed by atoms with Crippen LogP contribution in [0.15, 0.2) is 41.2 Å². The molecule has 1 aromatic carbocycles. The number of carboxylic acid groups (broad SMARTS) is 2. The van der Waals surface area contributed by atoms with E-state index in [1.807, 2.05) is 11.8 Å². The van der Waals surface area contributed by atoms with Crippen LogP contribution in [0.2, 0.25) is 10.0 Å². The molecule has 0 aromatic heterocycles. The third-order valence-electron chi connectivity index (χ3n) is 8.72. The Labute approximate surface area is 255 Å². The van der Waals surface area contributed by atoms with E-state index in [1.54, 1.807) is 17.9 Å². The first-order chi connectivity index (χ1) is 20.0. The van der Waals surface area contributed by atoms with Gasteiger partial charge in [0.15, 0.2) is 0 Å². The summed E-state index contributed by atoms with van der Waals surface area (Å²) in [4.78, 5) is 56.1. The average Bonchev–Trinajstić information content (AvgIpc) is 3.39. The van der Waals surface area contributed by atoms with Gasteiger partial charge < -0.3 is 25.3 Å². The topological polar surface area (TPSA) is 130 Å². The number of nitrogens with zero attached hydrogens (tertiary/aromatic N) is 3. The van der Waals surface area contributed by atoms with Crippen LogP contribution in [-0.4, -0.2) is 94.5 Å². The molecule has 12 heteroatoms. The third kappa shape index (κ3) is 6.93. The fourth-order valence-corrected chi connectivity index (χ4v) is 7.18. The fourth-order valence-electron chi connectivity index (χ4n) is 6.56. The standard InChI is InChI=1S/C30H38Cl2N4O6/c1-3-35(19(2)37)18-30(9-4-5-10-30)17-34-11-13-36(14-12-34)24(38)15-23-27(29(41)42)25(20(16-33-23)28(39)40)26-21(31)7-6-8-22(26)32/h6-8,16,25,33H,3-5,9-15,17-18H2,1-2H3,(H,39,40)(H,41,42). The van der Waals surface area contributed by atoms with Crippen molar-refractivity contribution in [3.05, 3.63) is 56.9 Å². The first-order valence-electron chi connectivity index (χ1n) is 14.3. The van der Waals surface area contributed by atoms with E-state index in [2.05, 4.69) is 10.2 Å². The Bertz CT molecular complexity index is 1280. The van der Waals surface area contributed by atoms with Gasteiger partial charge in [-0.3, -0.25) is 14.5 Å². The molecule has 1 atom stereocenters. The van der Waals surface area contributed by atoms with Crippen molar-refractivity contribution in [1.29, 1.82) is 0 Å². The highest BCUT2D eigenvalue weighted by molar-refractivity contribution is 6.36. The second kappa shape index (κ2) is 13.5. The van der Waals surface area contributed by atoms with Gasteiger partial charge in [0.1, 0.15) is 0 Å². The Morgan fingerprint density at radius 3 is 2.17 bits per heavy atom. The van der Waals surface area contributed by atoms with Crippen molar-refractivity contribution >= 4 is 47.0 Å². The maximum Gasteiger partial charge on any atom is 0.334 e. The SMILES string of the molecule is CCN(CC1(CN2CCN(C(=O)CC3=C(C(=O)O)C(c4c(Cl)cccc4Cl)C(C(=O)O)=CN3)CC2)CCCC1)C(C)=O. The molecule has 1 saturated heterocycles. The average molecular weight is 622 g/mol. The van der Waals surface area contributed by atoms with E-state index in [9.17, 15) is 29.4 Å². The number of nitrogens with one attached hydrogen (secondary N) is 1. The largest absolute Gasteiger partial charge is 0.478 e. The predicted octanol–water partition coefficient (Wildman–Crippen LogP) is 3.95. The summed E-state index contributed by atoms with van der Waals surface area (Å²) < 4.78 is 0. The Morgan fingerprint density at radius 2 is 1.64 bits per heavy atom. The predicted molar refractivity (Wildman–Crippen MR) is 159 cm³/mol. The molecule has 1 aromatic rings. The van der Waals surface area contributed by atoms with Crippen LogP contribution >= 0.6 is 23.2 Å². The lowest BCUT2D eigenvalue weighted by atomic mass is 9.81. The first-order valence-corrected chi connectivity index (χ1v) is 15.1. The van der Waals surface area contributed by atoms with Crippen molar-refractivity contribution in [3.8, 4) is 0 Å². The molecular formula is C30H38Cl2N4O6. The van der Waals surface area contributed by atoms with Gasteiger partial charge in [-0.2, -0.15) is 0 Å². The van der Waals surface area contributed by atoms with Gasteiger partial charge in [0, 0.05) is 85.7 Å². The van der Waals surface area contributed by atoms with E-state index < -0.39 is 17.9 Å². The molecule has 2 aliphatic heterocycles. The lowest BCUT2D eigenvalue weighted by Crippen LogP contribution is -2.53. The van der Waals surface area contributed by atoms with Gasteiger partial charge in [0.25, 0.3) is 0 Å². The molecule has 1 saturated carbocycles. The first kappa shape index (κ1) is 31.8. The van der Waals surface area contributed by atoms with Gasteiger partial charge in [-0.05, 0) is 31.9 Å². The summed E-state index contributed by atoms with van der Waals surface area (Å²) in [7, 11) is 0. The van der Waals surface area contributed by atoms with Crippen molar-refractivity contribution in [2.24, 2.45) is 5.41 Å². The number of piperazine rings is 1. The number of halogens is 2. The van der Waals surface area contributed by atoms with Crippen LogP contribution < -0.4 is 5.32 Å². The molecule has 4 rings (SSSR count). The Kier molecular flexibility index (Phi) is 10.2. The number of carboxylic acids is 2. The summed E-state index contributed by atoms with van der Waals surface area (Å²) in [6.45, 7) is 8.27. The number of amides is 2. The molecule has 0 bridgehead atoms. The number of hydrogen-bond acceptors (Lipinski definition) is 6. The van der Waals surface area contributed by atoms with E-state index in [0.717, 1.165) is 38.8 Å². The van der Waals surface area contributed by atoms with E-state index in [-0.39, 0.29) is 56.1 Å². The molecule has 42 heavy (non-hydrogen) atoms. The summed E-state index contributed by atoms with van der Waals surface area (Å²) in [5.41, 5.74) is -0.177. The van der Waals surface area contributed by atoms with Gasteiger partial charge in [-0.25, -0.2) is 9.59 Å². The highest BCUT2D eigenvalue weighted by atomic mass is 35.5. The molecule has 3 N–H and O–H groups in total. The number of hydrogen-bond donors (Lipinski definition) is 3. The lowest BCUT2D eigenvalue weighted by molar-refractivity contribution is -0.134. The molecule has 0 spiro atoms. The number of rotatable bonds is 10. The van der Waals surface area contributed by atoms with E-state index in [4.69, 9.17) is 23.2 Å². The zero-order chi connectivity index (χ0) is 30.6. The smallest absolute Gasteiger partial charge is 0.334 e. The highest BCUT2D eigenvalue weighted by Gasteiger charge is 2.40. The van der Waals surface area contributed by atoms with E-state index >= 15 is 0 Å². The number of carbonyl (C=O) groups is 4. The van der Waals surface area contributed by atoms with Crippen LogP contribution in [0.3, 0.4) is 0 Å². The Hall–Kier alpha value is -3.08. The minimum Gasteiger partial charge on any atom is -0.478 e. The maximum absolute atomic E-state index is 13.4. The second-order valence-corrected chi connectivity index (χ2v) is 12.2. The van der Waals surface area contributed by atoms with Crippen LogP contribution in [0.1, 0.15) is 57.4 Å². The summed E-state index contributed by atoms with van der Waals surface area (Å²) in [5, 5.41) is 23.1. The molecule has 1 aliphatic carbocycles. The zero-order valence-electron chi connectivity index (χ0n) is 24.0. The molecule has 10 nitrogen and oxygen atoms in total. The number of dihydropyridines is 1. The summed E-state index contributed by atoms with van der Waals surface area (Å²) in [6.07, 6.45) is 5.44. The van der Waals surface area contributed by atoms with Crippen molar-refractivity contribution in [2.75, 3.05) is 45.8 Å². The summed E-state index contributed by atoms with van der Waals surface area (Å²) >= 11 is 12.7. The number of carbonyl (C=O) groups excluding carboxylic acids is 2. The Morgan fingerprint density at radius 1 is 1.02 bits per heavy atom. The van der Waals surface area contributed by atoms with Gasteiger partial charge in [0.2, 0.25) is 11.8 Å². The van der Waals surface area contributed by atoms with Crippen LogP contribution in [0.25, 0.3) is 0 Å². The normalized spacial score (nSPS) is 20.6. The maximum atomic E-state index is 13.4. The summed E-state index contributed by atoms with van der Waals surface area (Å²) in [6, 6.07) is 4.62. The van der Waals surface area contributed by atoms with Crippen molar-refractivity contribution in [1.82, 2.24) is 20.0 Å². The van der Waals surface area contributed by atoms with Crippen molar-refractivity contribution < 1.29 is 29.4 Å². The van der Waals surface area contributed by atoms with Gasteiger partial charge >= 0.3 is 11.9 Å². The fraction of sp³-hybridized carbons (Fsp3) is 0.533. The summed E-state index contributed by atoms with van der Waals surface area (Å²) in [5.74, 6) is -4.11.